The SMILES string of the molecule is Cc1[nH]n(C)c(=O)c1C(=O)c1ccc(CS(=O)O)c(-n2cccn2)c1Cl. The van der Waals surface area contributed by atoms with Crippen LogP contribution >= 0.6 is 11.6 Å². The van der Waals surface area contributed by atoms with Gasteiger partial charge >= 0.3 is 0 Å². The number of ketones is 1. The molecule has 0 saturated carbocycles. The van der Waals surface area contributed by atoms with Crippen LogP contribution in [-0.2, 0) is 23.9 Å². The highest BCUT2D eigenvalue weighted by atomic mass is 35.5. The number of carbonyl (C=O) groups excluding carboxylic acids is 1. The molecule has 1 unspecified atom stereocenters. The molecule has 2 aromatic heterocycles. The molecule has 26 heavy (non-hydrogen) atoms. The molecule has 0 spiro atoms. The Hall–Kier alpha value is -2.49. The number of nitrogens with zero attached hydrogens (tertiary/aromatic N) is 3. The zero-order chi connectivity index (χ0) is 19.0. The van der Waals surface area contributed by atoms with Gasteiger partial charge in [0.2, 0.25) is 5.78 Å². The lowest BCUT2D eigenvalue weighted by molar-refractivity contribution is 0.103. The first-order chi connectivity index (χ1) is 12.3. The second-order valence-corrected chi connectivity index (χ2v) is 6.97. The van der Waals surface area contributed by atoms with Crippen LogP contribution in [0.4, 0.5) is 0 Å². The summed E-state index contributed by atoms with van der Waals surface area (Å²) in [5.74, 6) is -0.701. The highest BCUT2D eigenvalue weighted by molar-refractivity contribution is 7.78. The highest BCUT2D eigenvalue weighted by Gasteiger charge is 2.24. The molecule has 0 bridgehead atoms. The number of carbonyl (C=O) groups is 1. The van der Waals surface area contributed by atoms with Gasteiger partial charge in [-0.05, 0) is 24.6 Å². The van der Waals surface area contributed by atoms with Crippen LogP contribution in [0.25, 0.3) is 5.69 Å². The van der Waals surface area contributed by atoms with Crippen LogP contribution in [0.2, 0.25) is 5.02 Å². The fraction of sp³-hybridized carbons (Fsp3) is 0.188. The molecular weight excluding hydrogens is 380 g/mol. The normalized spacial score (nSPS) is 12.3. The van der Waals surface area contributed by atoms with Crippen molar-refractivity contribution in [2.75, 3.05) is 0 Å². The Morgan fingerprint density at radius 3 is 2.69 bits per heavy atom. The van der Waals surface area contributed by atoms with Gasteiger partial charge in [0.1, 0.15) is 5.56 Å². The quantitative estimate of drug-likeness (QED) is 0.506. The van der Waals surface area contributed by atoms with Gasteiger partial charge in [0.25, 0.3) is 5.56 Å². The second kappa shape index (κ2) is 7.02. The first kappa shape index (κ1) is 18.3. The summed E-state index contributed by atoms with van der Waals surface area (Å²) < 4.78 is 23.1. The Labute approximate surface area is 155 Å². The fourth-order valence-electron chi connectivity index (χ4n) is 2.77. The summed E-state index contributed by atoms with van der Waals surface area (Å²) in [6.07, 6.45) is 3.14. The third kappa shape index (κ3) is 3.16. The number of aromatic amines is 1. The van der Waals surface area contributed by atoms with Gasteiger partial charge in [-0.3, -0.25) is 19.4 Å². The average molecular weight is 395 g/mol. The van der Waals surface area contributed by atoms with Crippen molar-refractivity contribution in [3.63, 3.8) is 0 Å². The van der Waals surface area contributed by atoms with Crippen LogP contribution in [0.1, 0.15) is 27.2 Å². The molecular formula is C16H15ClN4O4S. The summed E-state index contributed by atoms with van der Waals surface area (Å²) in [5.41, 5.74) is 0.873. The standard InChI is InChI=1S/C16H15ClN4O4S/c1-9-12(16(23)20(2)19-9)15(22)11-5-4-10(8-26(24)25)14(13(11)17)21-7-3-6-18-21/h3-7,19H,8H2,1-2H3,(H,24,25). The molecule has 8 nitrogen and oxygen atoms in total. The smallest absolute Gasteiger partial charge is 0.277 e. The third-order valence-corrected chi connectivity index (χ3v) is 4.85. The van der Waals surface area contributed by atoms with Crippen LogP contribution in [0.3, 0.4) is 0 Å². The number of benzene rings is 1. The Morgan fingerprint density at radius 2 is 2.15 bits per heavy atom. The summed E-state index contributed by atoms with van der Waals surface area (Å²) in [5, 5.41) is 6.93. The van der Waals surface area contributed by atoms with Crippen LogP contribution < -0.4 is 5.56 Å². The van der Waals surface area contributed by atoms with E-state index in [1.54, 1.807) is 19.2 Å². The molecule has 0 saturated heterocycles. The maximum atomic E-state index is 12.9. The van der Waals surface area contributed by atoms with E-state index in [-0.39, 0.29) is 21.9 Å². The van der Waals surface area contributed by atoms with E-state index in [0.717, 1.165) is 0 Å². The molecule has 2 heterocycles. The first-order valence-electron chi connectivity index (χ1n) is 7.50. The maximum absolute atomic E-state index is 12.9. The van der Waals surface area contributed by atoms with Crippen LogP contribution in [0.15, 0.2) is 35.4 Å². The average Bonchev–Trinajstić information content (AvgIpc) is 3.16. The van der Waals surface area contributed by atoms with Crippen molar-refractivity contribution in [1.29, 1.82) is 0 Å². The third-order valence-electron chi connectivity index (χ3n) is 3.91. The predicted octanol–water partition coefficient (Wildman–Crippen LogP) is 1.81. The van der Waals surface area contributed by atoms with E-state index in [1.807, 2.05) is 0 Å². The molecule has 0 aliphatic rings. The summed E-state index contributed by atoms with van der Waals surface area (Å²) in [4.78, 5) is 25.1. The molecule has 0 aliphatic carbocycles. The molecule has 3 aromatic rings. The van der Waals surface area contributed by atoms with Crippen molar-refractivity contribution in [2.24, 2.45) is 7.05 Å². The van der Waals surface area contributed by atoms with Gasteiger partial charge in [-0.1, -0.05) is 17.7 Å². The molecule has 10 heteroatoms. The second-order valence-electron chi connectivity index (χ2n) is 5.66. The maximum Gasteiger partial charge on any atom is 0.277 e. The number of halogens is 1. The number of rotatable bonds is 5. The largest absolute Gasteiger partial charge is 0.306 e. The van der Waals surface area contributed by atoms with Crippen molar-refractivity contribution in [2.45, 2.75) is 12.7 Å². The van der Waals surface area contributed by atoms with E-state index in [0.29, 0.717) is 16.9 Å². The van der Waals surface area contributed by atoms with Gasteiger partial charge in [-0.25, -0.2) is 8.89 Å². The van der Waals surface area contributed by atoms with E-state index in [1.165, 1.54) is 34.7 Å². The van der Waals surface area contributed by atoms with Gasteiger partial charge in [0.05, 0.1) is 16.5 Å². The molecule has 3 rings (SSSR count). The van der Waals surface area contributed by atoms with Crippen molar-refractivity contribution < 1.29 is 13.6 Å². The highest BCUT2D eigenvalue weighted by Crippen LogP contribution is 2.30. The van der Waals surface area contributed by atoms with E-state index in [4.69, 9.17) is 11.6 Å². The Morgan fingerprint density at radius 1 is 1.42 bits per heavy atom. The molecule has 0 amide bonds. The van der Waals surface area contributed by atoms with E-state index in [2.05, 4.69) is 10.2 Å². The Balaban J connectivity index is 2.21. The van der Waals surface area contributed by atoms with E-state index in [9.17, 15) is 18.4 Å². The molecule has 2 N–H and O–H groups in total. The molecule has 0 radical (unpaired) electrons. The summed E-state index contributed by atoms with van der Waals surface area (Å²) in [7, 11) is 1.52. The number of hydrogen-bond acceptors (Lipinski definition) is 4. The van der Waals surface area contributed by atoms with Gasteiger partial charge in [-0.2, -0.15) is 5.10 Å². The number of hydrogen-bond donors (Lipinski definition) is 2. The van der Waals surface area contributed by atoms with Gasteiger partial charge < -0.3 is 4.55 Å². The van der Waals surface area contributed by atoms with E-state index < -0.39 is 22.4 Å². The van der Waals surface area contributed by atoms with Crippen LogP contribution in [-0.4, -0.2) is 34.1 Å². The number of nitrogens with one attached hydrogen (secondary N) is 1. The molecule has 0 fully saturated rings. The fourth-order valence-corrected chi connectivity index (χ4v) is 3.62. The number of aryl methyl sites for hydroxylation is 2. The topological polar surface area (TPSA) is 110 Å². The lowest BCUT2D eigenvalue weighted by atomic mass is 10.0. The van der Waals surface area contributed by atoms with Gasteiger partial charge in [0, 0.05) is 30.7 Å². The van der Waals surface area contributed by atoms with Gasteiger partial charge in [0.15, 0.2) is 11.1 Å². The van der Waals surface area contributed by atoms with Gasteiger partial charge in [-0.15, -0.1) is 0 Å². The zero-order valence-electron chi connectivity index (χ0n) is 13.9. The van der Waals surface area contributed by atoms with Crippen LogP contribution in [0, 0.1) is 6.92 Å². The first-order valence-corrected chi connectivity index (χ1v) is 9.15. The minimum Gasteiger partial charge on any atom is -0.306 e. The summed E-state index contributed by atoms with van der Waals surface area (Å²) >= 11 is 4.37. The van der Waals surface area contributed by atoms with Crippen molar-refractivity contribution in [1.82, 2.24) is 19.6 Å². The zero-order valence-corrected chi connectivity index (χ0v) is 15.5. The number of aromatic nitrogens is 4. The predicted molar refractivity (Wildman–Crippen MR) is 97.3 cm³/mol. The number of H-pyrrole nitrogens is 1. The molecule has 1 aromatic carbocycles. The minimum atomic E-state index is -2.10. The molecule has 0 aliphatic heterocycles. The minimum absolute atomic E-state index is 0.000648. The molecule has 136 valence electrons. The van der Waals surface area contributed by atoms with E-state index >= 15 is 0 Å². The molecule has 1 atom stereocenters. The van der Waals surface area contributed by atoms with Crippen molar-refractivity contribution in [3.8, 4) is 5.69 Å². The Bertz CT molecular complexity index is 1070. The van der Waals surface area contributed by atoms with Crippen LogP contribution in [0.5, 0.6) is 0 Å². The summed E-state index contributed by atoms with van der Waals surface area (Å²) in [6, 6.07) is 4.65. The summed E-state index contributed by atoms with van der Waals surface area (Å²) in [6.45, 7) is 1.63. The van der Waals surface area contributed by atoms with Crippen molar-refractivity contribution in [3.05, 3.63) is 68.4 Å². The Kier molecular flexibility index (Phi) is 4.94. The lowest BCUT2D eigenvalue weighted by Gasteiger charge is -2.13. The lowest BCUT2D eigenvalue weighted by Crippen LogP contribution is -2.20. The van der Waals surface area contributed by atoms with Crippen molar-refractivity contribution >= 4 is 28.5 Å². The monoisotopic (exact) mass is 394 g/mol.